The van der Waals surface area contributed by atoms with Crippen molar-refractivity contribution in [2.24, 2.45) is 0 Å². The zero-order valence-corrected chi connectivity index (χ0v) is 10.5. The Morgan fingerprint density at radius 2 is 2.18 bits per heavy atom. The van der Waals surface area contributed by atoms with E-state index < -0.39 is 0 Å². The fourth-order valence-corrected chi connectivity index (χ4v) is 2.96. The summed E-state index contributed by atoms with van der Waals surface area (Å²) < 4.78 is 0. The first-order chi connectivity index (χ1) is 8.33. The SMILES string of the molecule is Cc1cccc(-c2nc3c(s2)CC=CC=C3)c1. The summed E-state index contributed by atoms with van der Waals surface area (Å²) in [5.74, 6) is 0. The lowest BCUT2D eigenvalue weighted by atomic mass is 10.1. The molecule has 1 aromatic carbocycles. The molecule has 0 amide bonds. The maximum absolute atomic E-state index is 4.71. The third-order valence-corrected chi connectivity index (χ3v) is 3.94. The number of benzene rings is 1. The molecule has 2 heteroatoms. The first-order valence-electron chi connectivity index (χ1n) is 5.73. The Bertz CT molecular complexity index is 605. The molecule has 17 heavy (non-hydrogen) atoms. The van der Waals surface area contributed by atoms with Crippen LogP contribution in [0.1, 0.15) is 16.1 Å². The van der Waals surface area contributed by atoms with Crippen molar-refractivity contribution in [3.05, 3.63) is 58.6 Å². The van der Waals surface area contributed by atoms with E-state index in [1.165, 1.54) is 16.0 Å². The molecule has 1 nitrogen and oxygen atoms in total. The summed E-state index contributed by atoms with van der Waals surface area (Å²) in [6, 6.07) is 8.53. The van der Waals surface area contributed by atoms with E-state index >= 15 is 0 Å². The first-order valence-corrected chi connectivity index (χ1v) is 6.54. The van der Waals surface area contributed by atoms with E-state index in [1.807, 2.05) is 0 Å². The molecule has 0 atom stereocenters. The van der Waals surface area contributed by atoms with Gasteiger partial charge in [-0.2, -0.15) is 0 Å². The van der Waals surface area contributed by atoms with Crippen molar-refractivity contribution < 1.29 is 0 Å². The highest BCUT2D eigenvalue weighted by Gasteiger charge is 2.10. The number of rotatable bonds is 1. The normalized spacial score (nSPS) is 13.5. The van der Waals surface area contributed by atoms with Crippen LogP contribution >= 0.6 is 11.3 Å². The minimum atomic E-state index is 0.992. The number of hydrogen-bond donors (Lipinski definition) is 0. The maximum Gasteiger partial charge on any atom is 0.124 e. The summed E-state index contributed by atoms with van der Waals surface area (Å²) in [5.41, 5.74) is 3.63. The molecule has 0 unspecified atom stereocenters. The molecular formula is C15H13NS. The van der Waals surface area contributed by atoms with Crippen LogP contribution in [0.2, 0.25) is 0 Å². The second-order valence-corrected chi connectivity index (χ2v) is 5.27. The number of thiazole rings is 1. The monoisotopic (exact) mass is 239 g/mol. The summed E-state index contributed by atoms with van der Waals surface area (Å²) in [4.78, 5) is 6.07. The standard InChI is InChI=1S/C15H13NS/c1-11-6-5-7-12(10-11)15-16-13-8-3-2-4-9-14(13)17-15/h2-8,10H,9H2,1H3. The first kappa shape index (κ1) is 10.5. The van der Waals surface area contributed by atoms with Gasteiger partial charge in [-0.05, 0) is 19.1 Å². The number of aryl methyl sites for hydroxylation is 1. The average Bonchev–Trinajstić information content (AvgIpc) is 2.61. The molecule has 0 radical (unpaired) electrons. The van der Waals surface area contributed by atoms with E-state index in [1.54, 1.807) is 11.3 Å². The van der Waals surface area contributed by atoms with Crippen LogP contribution in [0.5, 0.6) is 0 Å². The van der Waals surface area contributed by atoms with E-state index in [4.69, 9.17) is 4.98 Å². The summed E-state index contributed by atoms with van der Waals surface area (Å²) in [7, 11) is 0. The zero-order chi connectivity index (χ0) is 11.7. The predicted molar refractivity (Wildman–Crippen MR) is 74.2 cm³/mol. The number of nitrogens with zero attached hydrogens (tertiary/aromatic N) is 1. The van der Waals surface area contributed by atoms with Gasteiger partial charge in [-0.25, -0.2) is 4.98 Å². The Labute approximate surface area is 105 Å². The van der Waals surface area contributed by atoms with Crippen LogP contribution in [-0.2, 0) is 6.42 Å². The molecule has 3 rings (SSSR count). The van der Waals surface area contributed by atoms with Crippen LogP contribution < -0.4 is 0 Å². The number of allylic oxidation sites excluding steroid dienone is 3. The Hall–Kier alpha value is -1.67. The van der Waals surface area contributed by atoms with Crippen LogP contribution in [0.3, 0.4) is 0 Å². The van der Waals surface area contributed by atoms with Gasteiger partial charge in [0, 0.05) is 16.9 Å². The van der Waals surface area contributed by atoms with Gasteiger partial charge in [-0.1, -0.05) is 42.0 Å². The minimum Gasteiger partial charge on any atom is -0.236 e. The topological polar surface area (TPSA) is 12.9 Å². The van der Waals surface area contributed by atoms with Gasteiger partial charge in [-0.15, -0.1) is 11.3 Å². The molecule has 2 aromatic rings. The Morgan fingerprint density at radius 1 is 1.24 bits per heavy atom. The molecule has 0 spiro atoms. The van der Waals surface area contributed by atoms with Gasteiger partial charge >= 0.3 is 0 Å². The fraction of sp³-hybridized carbons (Fsp3) is 0.133. The predicted octanol–water partition coefficient (Wildman–Crippen LogP) is 4.24. The number of aromatic nitrogens is 1. The highest BCUT2D eigenvalue weighted by atomic mass is 32.1. The molecule has 1 aromatic heterocycles. The second-order valence-electron chi connectivity index (χ2n) is 4.19. The summed E-state index contributed by atoms with van der Waals surface area (Å²) in [6.07, 6.45) is 9.41. The lowest BCUT2D eigenvalue weighted by Crippen LogP contribution is -1.80. The number of fused-ring (bicyclic) bond motifs is 1. The molecular weight excluding hydrogens is 226 g/mol. The number of hydrogen-bond acceptors (Lipinski definition) is 2. The van der Waals surface area contributed by atoms with Gasteiger partial charge in [0.15, 0.2) is 0 Å². The molecule has 0 N–H and O–H groups in total. The zero-order valence-electron chi connectivity index (χ0n) is 9.68. The molecule has 1 aliphatic carbocycles. The van der Waals surface area contributed by atoms with Gasteiger partial charge in [0.1, 0.15) is 5.01 Å². The van der Waals surface area contributed by atoms with Gasteiger partial charge in [0.25, 0.3) is 0 Å². The van der Waals surface area contributed by atoms with Crippen LogP contribution in [-0.4, -0.2) is 4.98 Å². The van der Waals surface area contributed by atoms with E-state index in [0.29, 0.717) is 0 Å². The largest absolute Gasteiger partial charge is 0.236 e. The molecule has 1 heterocycles. The van der Waals surface area contributed by atoms with Gasteiger partial charge in [-0.3, -0.25) is 0 Å². The van der Waals surface area contributed by atoms with E-state index in [0.717, 1.165) is 17.1 Å². The van der Waals surface area contributed by atoms with E-state index in [9.17, 15) is 0 Å². The Kier molecular flexibility index (Phi) is 2.65. The van der Waals surface area contributed by atoms with E-state index in [-0.39, 0.29) is 0 Å². The van der Waals surface area contributed by atoms with Gasteiger partial charge < -0.3 is 0 Å². The van der Waals surface area contributed by atoms with E-state index in [2.05, 4.69) is 55.5 Å². The maximum atomic E-state index is 4.71. The van der Waals surface area contributed by atoms with Crippen molar-refractivity contribution in [3.63, 3.8) is 0 Å². The van der Waals surface area contributed by atoms with Crippen LogP contribution in [0, 0.1) is 6.92 Å². The summed E-state index contributed by atoms with van der Waals surface area (Å²) in [6.45, 7) is 2.12. The highest BCUT2D eigenvalue weighted by Crippen LogP contribution is 2.30. The highest BCUT2D eigenvalue weighted by molar-refractivity contribution is 7.15. The Balaban J connectivity index is 2.06. The summed E-state index contributed by atoms with van der Waals surface area (Å²) >= 11 is 1.80. The van der Waals surface area contributed by atoms with Crippen molar-refractivity contribution >= 4 is 17.4 Å². The quantitative estimate of drug-likeness (QED) is 0.725. The Morgan fingerprint density at radius 3 is 3.06 bits per heavy atom. The molecule has 0 bridgehead atoms. The molecule has 1 aliphatic rings. The van der Waals surface area contributed by atoms with Crippen molar-refractivity contribution in [1.82, 2.24) is 4.98 Å². The van der Waals surface area contributed by atoms with Crippen molar-refractivity contribution in [1.29, 1.82) is 0 Å². The third-order valence-electron chi connectivity index (χ3n) is 2.80. The fourth-order valence-electron chi connectivity index (χ4n) is 1.94. The smallest absolute Gasteiger partial charge is 0.124 e. The van der Waals surface area contributed by atoms with Crippen molar-refractivity contribution in [3.8, 4) is 10.6 Å². The molecule has 84 valence electrons. The van der Waals surface area contributed by atoms with Gasteiger partial charge in [0.2, 0.25) is 0 Å². The average molecular weight is 239 g/mol. The van der Waals surface area contributed by atoms with Crippen LogP contribution in [0.15, 0.2) is 42.5 Å². The lowest BCUT2D eigenvalue weighted by molar-refractivity contribution is 1.27. The van der Waals surface area contributed by atoms with Crippen LogP contribution in [0.4, 0.5) is 0 Å². The van der Waals surface area contributed by atoms with Gasteiger partial charge in [0.05, 0.1) is 5.69 Å². The molecule has 0 fully saturated rings. The summed E-state index contributed by atoms with van der Waals surface area (Å²) in [5, 5.41) is 1.12. The lowest BCUT2D eigenvalue weighted by Gasteiger charge is -1.97. The van der Waals surface area contributed by atoms with Crippen LogP contribution in [0.25, 0.3) is 16.6 Å². The van der Waals surface area contributed by atoms with Crippen molar-refractivity contribution in [2.75, 3.05) is 0 Å². The second kappa shape index (κ2) is 4.30. The van der Waals surface area contributed by atoms with Crippen molar-refractivity contribution in [2.45, 2.75) is 13.3 Å². The molecule has 0 saturated heterocycles. The minimum absolute atomic E-state index is 0.992. The molecule has 0 saturated carbocycles. The third kappa shape index (κ3) is 2.08. The molecule has 0 aliphatic heterocycles.